The average molecular weight is 856 g/mol. The van der Waals surface area contributed by atoms with Gasteiger partial charge in [-0.15, -0.1) is 0 Å². The van der Waals surface area contributed by atoms with E-state index in [4.69, 9.17) is 35.9 Å². The van der Waals surface area contributed by atoms with Crippen LogP contribution < -0.4 is 10.6 Å². The number of likely N-dealkylation sites (N-methyl/N-ethyl adjacent to an activating group) is 1. The molecule has 0 spiro atoms. The van der Waals surface area contributed by atoms with Crippen molar-refractivity contribution in [3.63, 3.8) is 0 Å². The zero-order valence-corrected chi connectivity index (χ0v) is 35.2. The summed E-state index contributed by atoms with van der Waals surface area (Å²) in [4.78, 5) is 62.0. The summed E-state index contributed by atoms with van der Waals surface area (Å²) in [6, 6.07) is 2.29. The second-order valence-electron chi connectivity index (χ2n) is 15.4. The number of aliphatic hydroxyl groups excluding tert-OH is 2. The Bertz CT molecular complexity index is 1600. The molecule has 0 radical (unpaired) electrons. The number of fused-ring (bicyclic) bond motifs is 1. The van der Waals surface area contributed by atoms with Gasteiger partial charge in [-0.2, -0.15) is 0 Å². The van der Waals surface area contributed by atoms with Gasteiger partial charge in [0.25, 0.3) is 5.17 Å². The van der Waals surface area contributed by atoms with Gasteiger partial charge in [-0.25, -0.2) is 9.78 Å². The van der Waals surface area contributed by atoms with Crippen LogP contribution in [0.1, 0.15) is 73.3 Å². The SMILES string of the molecule is CC[C@H]1OC(=O)[C@H](C)C(=O)[C@H](C)[C@@H](O[C@@H]2O[C@H](O)C[C@H](N(C)C)[C@H]2O)[C@](C)(OC(=O)NC/C=C/c2ccc(Br)nc2)C[C@@H](C)C(=O)[C@H](C)[C@@H]2NC(=S)O[C@]12C. The van der Waals surface area contributed by atoms with Crippen molar-refractivity contribution in [1.29, 1.82) is 0 Å². The van der Waals surface area contributed by atoms with Crippen LogP contribution in [-0.2, 0) is 38.1 Å². The van der Waals surface area contributed by atoms with Gasteiger partial charge in [0.2, 0.25) is 0 Å². The molecule has 0 aromatic carbocycles. The second kappa shape index (κ2) is 18.5. The summed E-state index contributed by atoms with van der Waals surface area (Å²) in [6.45, 7) is 11.4. The maximum atomic E-state index is 14.4. The number of amides is 1. The maximum Gasteiger partial charge on any atom is 0.408 e. The summed E-state index contributed by atoms with van der Waals surface area (Å²) in [7, 11) is 3.45. The molecule has 1 aromatic rings. The van der Waals surface area contributed by atoms with Crippen LogP contribution in [0, 0.1) is 23.7 Å². The number of alkyl carbamates (subject to hydrolysis) is 1. The number of hydrogen-bond acceptors (Lipinski definition) is 14. The number of carbonyl (C=O) groups excluding carboxylic acids is 4. The molecule has 3 aliphatic rings. The highest BCUT2D eigenvalue weighted by molar-refractivity contribution is 9.10. The second-order valence-corrected chi connectivity index (χ2v) is 16.6. The summed E-state index contributed by atoms with van der Waals surface area (Å²) >= 11 is 8.68. The third-order valence-electron chi connectivity index (χ3n) is 11.0. The Morgan fingerprint density at radius 3 is 2.45 bits per heavy atom. The fourth-order valence-corrected chi connectivity index (χ4v) is 8.49. The monoisotopic (exact) mass is 854 g/mol. The largest absolute Gasteiger partial charge is 0.459 e. The van der Waals surface area contributed by atoms with Crippen LogP contribution in [0.15, 0.2) is 29.0 Å². The van der Waals surface area contributed by atoms with Crippen molar-refractivity contribution in [3.8, 4) is 0 Å². The molecule has 13 atom stereocenters. The Labute approximate surface area is 336 Å². The Morgan fingerprint density at radius 2 is 1.84 bits per heavy atom. The fraction of sp³-hybridized carbons (Fsp3) is 0.684. The van der Waals surface area contributed by atoms with Crippen LogP contribution >= 0.6 is 28.1 Å². The van der Waals surface area contributed by atoms with Crippen molar-refractivity contribution in [2.45, 2.75) is 122 Å². The quantitative estimate of drug-likeness (QED) is 0.128. The Hall–Kier alpha value is -3.06. The first kappa shape index (κ1) is 44.7. The normalized spacial score (nSPS) is 37.8. The molecule has 1 aromatic heterocycles. The standard InChI is InChI=1S/C38H55BrN4O11S/c1-10-25-38(7)31(42-36(55)54-38)20(3)28(45)19(2)17-37(6,53-35(49)40-15-11-12-23-13-14-26(39)41-18-23)32(21(4)29(46)22(5)33(48)50-25)52-34-30(47)24(43(8)9)16-27(44)51-34/h11-14,18-22,24-25,27,30-32,34,44,47H,10,15-17H2,1-9H3,(H,40,49)(H,42,55)/b12-11+/t19-,20+,21+,22-,24+,25-,27+,30-,31+,32-,34+,37-,38-/m1/s1. The van der Waals surface area contributed by atoms with Gasteiger partial charge >= 0.3 is 12.1 Å². The van der Waals surface area contributed by atoms with E-state index in [1.54, 1.807) is 71.1 Å². The lowest BCUT2D eigenvalue weighted by molar-refractivity contribution is -0.326. The topological polar surface area (TPSA) is 195 Å². The van der Waals surface area contributed by atoms with Crippen LogP contribution in [0.3, 0.4) is 0 Å². The molecule has 3 fully saturated rings. The van der Waals surface area contributed by atoms with E-state index < -0.39 is 95.7 Å². The van der Waals surface area contributed by atoms with Gasteiger partial charge in [0.05, 0.1) is 6.04 Å². The molecule has 0 bridgehead atoms. The summed E-state index contributed by atoms with van der Waals surface area (Å²) in [5, 5.41) is 27.9. The fourth-order valence-electron chi connectivity index (χ4n) is 7.95. The van der Waals surface area contributed by atoms with E-state index in [1.165, 1.54) is 20.8 Å². The molecule has 17 heteroatoms. The first-order chi connectivity index (χ1) is 25.7. The number of pyridine rings is 1. The molecule has 4 heterocycles. The van der Waals surface area contributed by atoms with Gasteiger partial charge in [-0.05, 0) is 87.5 Å². The minimum atomic E-state index is -1.77. The van der Waals surface area contributed by atoms with Crippen LogP contribution in [-0.4, -0.2) is 124 Å². The molecule has 15 nitrogen and oxygen atoms in total. The Morgan fingerprint density at radius 1 is 1.15 bits per heavy atom. The van der Waals surface area contributed by atoms with Crippen LogP contribution in [0.4, 0.5) is 4.79 Å². The molecule has 55 heavy (non-hydrogen) atoms. The number of aliphatic hydroxyl groups is 2. The summed E-state index contributed by atoms with van der Waals surface area (Å²) in [5.74, 6) is -5.80. The van der Waals surface area contributed by atoms with Crippen molar-refractivity contribution >= 4 is 63.0 Å². The molecule has 3 aliphatic heterocycles. The van der Waals surface area contributed by atoms with Crippen molar-refractivity contribution < 1.29 is 53.1 Å². The van der Waals surface area contributed by atoms with Crippen molar-refractivity contribution in [3.05, 3.63) is 34.6 Å². The number of cyclic esters (lactones) is 1. The smallest absolute Gasteiger partial charge is 0.408 e. The minimum Gasteiger partial charge on any atom is -0.459 e. The highest BCUT2D eigenvalue weighted by Crippen LogP contribution is 2.40. The van der Waals surface area contributed by atoms with Crippen molar-refractivity contribution in [2.75, 3.05) is 20.6 Å². The number of nitrogens with zero attached hydrogens (tertiary/aromatic N) is 2. The van der Waals surface area contributed by atoms with Gasteiger partial charge in [0.1, 0.15) is 40.2 Å². The number of esters is 1. The number of carbonyl (C=O) groups is 4. The van der Waals surface area contributed by atoms with E-state index in [1.807, 2.05) is 6.07 Å². The van der Waals surface area contributed by atoms with Gasteiger partial charge in [-0.1, -0.05) is 45.9 Å². The third-order valence-corrected chi connectivity index (χ3v) is 11.7. The van der Waals surface area contributed by atoms with E-state index in [0.29, 0.717) is 11.0 Å². The number of aromatic nitrogens is 1. The van der Waals surface area contributed by atoms with E-state index in [-0.39, 0.29) is 30.3 Å². The van der Waals surface area contributed by atoms with Gasteiger partial charge in [-0.3, -0.25) is 14.4 Å². The predicted molar refractivity (Wildman–Crippen MR) is 208 cm³/mol. The van der Waals surface area contributed by atoms with Crippen LogP contribution in [0.2, 0.25) is 0 Å². The number of halogens is 1. The first-order valence-corrected chi connectivity index (χ1v) is 19.8. The molecule has 0 unspecified atom stereocenters. The van der Waals surface area contributed by atoms with Crippen molar-refractivity contribution in [1.82, 2.24) is 20.5 Å². The minimum absolute atomic E-state index is 0.0457. The number of rotatable bonds is 8. The van der Waals surface area contributed by atoms with Crippen LogP contribution in [0.5, 0.6) is 0 Å². The Kier molecular flexibility index (Phi) is 15.0. The van der Waals surface area contributed by atoms with Crippen LogP contribution in [0.25, 0.3) is 6.08 Å². The van der Waals surface area contributed by atoms with Gasteiger partial charge < -0.3 is 49.4 Å². The molecule has 0 aliphatic carbocycles. The summed E-state index contributed by atoms with van der Waals surface area (Å²) in [5.41, 5.74) is -2.23. The molecular formula is C38H55BrN4O11S. The van der Waals surface area contributed by atoms with E-state index in [0.717, 1.165) is 5.56 Å². The molecule has 0 saturated carbocycles. The number of Topliss-reactive ketones (excluding diaryl/α,β-unsaturated/α-hetero) is 2. The van der Waals surface area contributed by atoms with E-state index in [2.05, 4.69) is 31.5 Å². The molecular weight excluding hydrogens is 800 g/mol. The molecule has 4 N–H and O–H groups in total. The average Bonchev–Trinajstić information content (AvgIpc) is 3.44. The van der Waals surface area contributed by atoms with Crippen molar-refractivity contribution in [2.24, 2.45) is 23.7 Å². The van der Waals surface area contributed by atoms with E-state index >= 15 is 0 Å². The lowest BCUT2D eigenvalue weighted by Gasteiger charge is -2.46. The van der Waals surface area contributed by atoms with Gasteiger partial charge in [0.15, 0.2) is 24.0 Å². The molecule has 1 amide bonds. The first-order valence-electron chi connectivity index (χ1n) is 18.6. The number of nitrogens with one attached hydrogen (secondary N) is 2. The molecule has 3 saturated heterocycles. The summed E-state index contributed by atoms with van der Waals surface area (Å²) in [6.07, 6.45) is -2.02. The highest BCUT2D eigenvalue weighted by atomic mass is 79.9. The zero-order valence-electron chi connectivity index (χ0n) is 32.8. The predicted octanol–water partition coefficient (Wildman–Crippen LogP) is 3.52. The lowest BCUT2D eigenvalue weighted by Crippen LogP contribution is -2.61. The van der Waals surface area contributed by atoms with E-state index in [9.17, 15) is 29.4 Å². The third kappa shape index (κ3) is 10.3. The maximum absolute atomic E-state index is 14.4. The highest BCUT2D eigenvalue weighted by Gasteiger charge is 2.57. The molecule has 306 valence electrons. The number of hydrogen-bond donors (Lipinski definition) is 4. The number of ketones is 2. The number of ether oxygens (including phenoxy) is 5. The molecule has 4 rings (SSSR count). The summed E-state index contributed by atoms with van der Waals surface area (Å²) < 4.78 is 31.0. The van der Waals surface area contributed by atoms with Gasteiger partial charge in [0, 0.05) is 43.0 Å². The Balaban J connectivity index is 1.77. The zero-order chi connectivity index (χ0) is 41.0. The lowest BCUT2D eigenvalue weighted by atomic mass is 9.73. The number of thiocarbonyl (C=S) groups is 1.